The van der Waals surface area contributed by atoms with Crippen LogP contribution < -0.4 is 4.72 Å². The van der Waals surface area contributed by atoms with Crippen LogP contribution in [0.15, 0.2) is 37.1 Å². The molecule has 2 aromatic rings. The van der Waals surface area contributed by atoms with Crippen molar-refractivity contribution in [2.75, 3.05) is 10.5 Å². The summed E-state index contributed by atoms with van der Waals surface area (Å²) in [6.07, 6.45) is 8.05. The molecule has 7 heteroatoms. The summed E-state index contributed by atoms with van der Waals surface area (Å²) >= 11 is 0. The zero-order chi connectivity index (χ0) is 13.7. The number of rotatable bonds is 6. The van der Waals surface area contributed by atoms with Gasteiger partial charge in [-0.25, -0.2) is 18.4 Å². The topological polar surface area (TPSA) is 76.9 Å². The van der Waals surface area contributed by atoms with Gasteiger partial charge in [-0.15, -0.1) is 0 Å². The number of hydrogen-bond donors (Lipinski definition) is 1. The van der Waals surface area contributed by atoms with Gasteiger partial charge in [0.2, 0.25) is 10.0 Å². The van der Waals surface area contributed by atoms with Gasteiger partial charge in [0.25, 0.3) is 0 Å². The Kier molecular flexibility index (Phi) is 4.16. The lowest BCUT2D eigenvalue weighted by molar-refractivity contribution is 0.598. The van der Waals surface area contributed by atoms with Gasteiger partial charge < -0.3 is 0 Å². The van der Waals surface area contributed by atoms with Crippen LogP contribution in [-0.2, 0) is 10.0 Å². The second-order valence-corrected chi connectivity index (χ2v) is 5.99. The summed E-state index contributed by atoms with van der Waals surface area (Å²) in [5.74, 6) is 0.821. The van der Waals surface area contributed by atoms with Crippen molar-refractivity contribution < 1.29 is 8.42 Å². The lowest BCUT2D eigenvalue weighted by Gasteiger charge is -2.08. The van der Waals surface area contributed by atoms with Gasteiger partial charge in [-0.1, -0.05) is 13.3 Å². The first-order chi connectivity index (χ1) is 9.11. The van der Waals surface area contributed by atoms with Gasteiger partial charge in [-0.05, 0) is 18.6 Å². The van der Waals surface area contributed by atoms with Crippen molar-refractivity contribution in [3.63, 3.8) is 0 Å². The molecule has 6 nitrogen and oxygen atoms in total. The van der Waals surface area contributed by atoms with Gasteiger partial charge in [-0.3, -0.25) is 9.29 Å². The molecule has 2 aromatic heterocycles. The van der Waals surface area contributed by atoms with Crippen molar-refractivity contribution in [3.05, 3.63) is 37.1 Å². The van der Waals surface area contributed by atoms with Crippen LogP contribution in [-0.4, -0.2) is 28.7 Å². The average Bonchev–Trinajstić information content (AvgIpc) is 2.91. The fourth-order valence-corrected chi connectivity index (χ4v) is 2.81. The van der Waals surface area contributed by atoms with Gasteiger partial charge in [0.1, 0.15) is 12.1 Å². The number of imidazole rings is 1. The fourth-order valence-electron chi connectivity index (χ4n) is 1.56. The molecular weight excluding hydrogens is 264 g/mol. The van der Waals surface area contributed by atoms with E-state index in [0.717, 1.165) is 6.42 Å². The van der Waals surface area contributed by atoms with E-state index in [0.29, 0.717) is 17.9 Å². The third kappa shape index (κ3) is 3.78. The third-order valence-corrected chi connectivity index (χ3v) is 3.93. The molecule has 0 aliphatic carbocycles. The molecule has 2 heterocycles. The highest BCUT2D eigenvalue weighted by Gasteiger charge is 2.09. The maximum atomic E-state index is 11.7. The SMILES string of the molecule is CCCCS(=O)(=O)Nc1ccc(-n2ccnc2)nc1. The van der Waals surface area contributed by atoms with E-state index in [9.17, 15) is 8.42 Å². The van der Waals surface area contributed by atoms with Crippen LogP contribution in [0.25, 0.3) is 5.82 Å². The molecule has 0 saturated heterocycles. The minimum absolute atomic E-state index is 0.132. The van der Waals surface area contributed by atoms with Gasteiger partial charge in [0.15, 0.2) is 0 Å². The Balaban J connectivity index is 2.07. The van der Waals surface area contributed by atoms with E-state index in [-0.39, 0.29) is 5.75 Å². The van der Waals surface area contributed by atoms with E-state index in [1.165, 1.54) is 6.20 Å². The number of hydrogen-bond acceptors (Lipinski definition) is 4. The predicted molar refractivity (Wildman–Crippen MR) is 73.7 cm³/mol. The minimum Gasteiger partial charge on any atom is -0.291 e. The molecular formula is C12H16N4O2S. The molecule has 0 aliphatic heterocycles. The van der Waals surface area contributed by atoms with E-state index in [2.05, 4.69) is 14.7 Å². The Morgan fingerprint density at radius 3 is 2.79 bits per heavy atom. The highest BCUT2D eigenvalue weighted by molar-refractivity contribution is 7.92. The number of pyridine rings is 1. The van der Waals surface area contributed by atoms with Gasteiger partial charge in [0.05, 0.1) is 17.6 Å². The molecule has 0 amide bonds. The molecule has 0 bridgehead atoms. The number of nitrogens with zero attached hydrogens (tertiary/aromatic N) is 3. The van der Waals surface area contributed by atoms with Crippen molar-refractivity contribution in [1.82, 2.24) is 14.5 Å². The van der Waals surface area contributed by atoms with Crippen molar-refractivity contribution in [3.8, 4) is 5.82 Å². The maximum absolute atomic E-state index is 11.7. The smallest absolute Gasteiger partial charge is 0.232 e. The van der Waals surface area contributed by atoms with Crippen LogP contribution in [0.3, 0.4) is 0 Å². The number of aromatic nitrogens is 3. The monoisotopic (exact) mass is 280 g/mol. The molecule has 102 valence electrons. The summed E-state index contributed by atoms with van der Waals surface area (Å²) in [5, 5.41) is 0. The summed E-state index contributed by atoms with van der Waals surface area (Å²) in [7, 11) is -3.27. The fraction of sp³-hybridized carbons (Fsp3) is 0.333. The Morgan fingerprint density at radius 1 is 1.37 bits per heavy atom. The summed E-state index contributed by atoms with van der Waals surface area (Å²) in [6.45, 7) is 1.96. The second-order valence-electron chi connectivity index (χ2n) is 4.15. The number of anilines is 1. The van der Waals surface area contributed by atoms with Crippen LogP contribution in [0.4, 0.5) is 5.69 Å². The largest absolute Gasteiger partial charge is 0.291 e. The number of sulfonamides is 1. The zero-order valence-corrected chi connectivity index (χ0v) is 11.5. The van der Waals surface area contributed by atoms with Crippen molar-refractivity contribution in [2.45, 2.75) is 19.8 Å². The first-order valence-electron chi connectivity index (χ1n) is 6.05. The maximum Gasteiger partial charge on any atom is 0.232 e. The summed E-state index contributed by atoms with van der Waals surface area (Å²) in [6, 6.07) is 3.42. The molecule has 19 heavy (non-hydrogen) atoms. The van der Waals surface area contributed by atoms with Crippen LogP contribution in [0.5, 0.6) is 0 Å². The van der Waals surface area contributed by atoms with Crippen LogP contribution in [0, 0.1) is 0 Å². The zero-order valence-electron chi connectivity index (χ0n) is 10.7. The average molecular weight is 280 g/mol. The van der Waals surface area contributed by atoms with E-state index < -0.39 is 10.0 Å². The summed E-state index contributed by atoms with van der Waals surface area (Å²) < 4.78 is 27.7. The lowest BCUT2D eigenvalue weighted by Crippen LogP contribution is -2.16. The number of nitrogens with one attached hydrogen (secondary N) is 1. The van der Waals surface area contributed by atoms with Crippen molar-refractivity contribution >= 4 is 15.7 Å². The molecule has 1 N–H and O–H groups in total. The predicted octanol–water partition coefficient (Wildman–Crippen LogP) is 1.81. The van der Waals surface area contributed by atoms with Gasteiger partial charge in [0, 0.05) is 12.4 Å². The Hall–Kier alpha value is -1.89. The molecule has 0 radical (unpaired) electrons. The Morgan fingerprint density at radius 2 is 2.21 bits per heavy atom. The molecule has 0 aliphatic rings. The van der Waals surface area contributed by atoms with E-state index >= 15 is 0 Å². The third-order valence-electron chi connectivity index (χ3n) is 2.56. The van der Waals surface area contributed by atoms with Crippen molar-refractivity contribution in [2.24, 2.45) is 0 Å². The van der Waals surface area contributed by atoms with E-state index in [1.54, 1.807) is 35.4 Å². The molecule has 0 unspecified atom stereocenters. The summed E-state index contributed by atoms with van der Waals surface area (Å²) in [5.41, 5.74) is 0.472. The van der Waals surface area contributed by atoms with E-state index in [1.807, 2.05) is 6.92 Å². The van der Waals surface area contributed by atoms with Crippen LogP contribution >= 0.6 is 0 Å². The molecule has 0 spiro atoms. The highest BCUT2D eigenvalue weighted by Crippen LogP contribution is 2.11. The first-order valence-corrected chi connectivity index (χ1v) is 7.71. The second kappa shape index (κ2) is 5.83. The lowest BCUT2D eigenvalue weighted by atomic mass is 10.4. The van der Waals surface area contributed by atoms with Crippen LogP contribution in [0.2, 0.25) is 0 Å². The first kappa shape index (κ1) is 13.5. The quantitative estimate of drug-likeness (QED) is 0.875. The molecule has 0 fully saturated rings. The van der Waals surface area contributed by atoms with Crippen molar-refractivity contribution in [1.29, 1.82) is 0 Å². The highest BCUT2D eigenvalue weighted by atomic mass is 32.2. The van der Waals surface area contributed by atoms with Gasteiger partial charge in [-0.2, -0.15) is 0 Å². The summed E-state index contributed by atoms with van der Waals surface area (Å²) in [4.78, 5) is 8.11. The molecule has 0 saturated carbocycles. The van der Waals surface area contributed by atoms with E-state index in [4.69, 9.17) is 0 Å². The molecule has 0 aromatic carbocycles. The van der Waals surface area contributed by atoms with Crippen LogP contribution in [0.1, 0.15) is 19.8 Å². The van der Waals surface area contributed by atoms with Gasteiger partial charge >= 0.3 is 0 Å². The Labute approximate surface area is 112 Å². The number of unbranched alkanes of at least 4 members (excludes halogenated alkanes) is 1. The molecule has 0 atom stereocenters. The normalized spacial score (nSPS) is 11.4. The standard InChI is InChI=1S/C12H16N4O2S/c1-2-3-8-19(17,18)15-11-4-5-12(14-9-11)16-7-6-13-10-16/h4-7,9-10,15H,2-3,8H2,1H3. The minimum atomic E-state index is -3.27. The Bertz CT molecular complexity index is 606. The molecule has 2 rings (SSSR count).